The molecule has 152 valence electrons. The third-order valence-electron chi connectivity index (χ3n) is 4.53. The third-order valence-corrected chi connectivity index (χ3v) is 6.01. The third kappa shape index (κ3) is 4.09. The van der Waals surface area contributed by atoms with Crippen LogP contribution in [-0.4, -0.2) is 50.9 Å². The molecule has 1 aliphatic heterocycles. The van der Waals surface area contributed by atoms with Gasteiger partial charge in [-0.15, -0.1) is 0 Å². The van der Waals surface area contributed by atoms with Gasteiger partial charge in [-0.05, 0) is 52.3 Å². The molecule has 1 unspecified atom stereocenters. The van der Waals surface area contributed by atoms with Gasteiger partial charge in [0.25, 0.3) is 5.56 Å². The van der Waals surface area contributed by atoms with Crippen molar-refractivity contribution < 1.29 is 13.4 Å². The number of hydrogen-bond acceptors (Lipinski definition) is 6. The molecule has 7 nitrogen and oxygen atoms in total. The van der Waals surface area contributed by atoms with Gasteiger partial charge in [0, 0.05) is 29.7 Å². The molecule has 0 spiro atoms. The minimum atomic E-state index is -2.69. The highest BCUT2D eigenvalue weighted by molar-refractivity contribution is 7.91. The van der Waals surface area contributed by atoms with Crippen LogP contribution in [0.1, 0.15) is 42.9 Å². The topological polar surface area (TPSA) is 82.8 Å². The van der Waals surface area contributed by atoms with Gasteiger partial charge in [-0.25, -0.2) is 4.98 Å². The number of morpholine rings is 1. The van der Waals surface area contributed by atoms with Crippen LogP contribution in [0.25, 0.3) is 10.9 Å². The zero-order valence-electron chi connectivity index (χ0n) is 19.9. The Bertz CT molecular complexity index is 1070. The number of ether oxygens (including phenoxy) is 1. The van der Waals surface area contributed by atoms with E-state index >= 15 is 0 Å². The van der Waals surface area contributed by atoms with E-state index in [9.17, 15) is 9.35 Å². The van der Waals surface area contributed by atoms with Crippen molar-refractivity contribution in [3.8, 4) is 0 Å². The van der Waals surface area contributed by atoms with E-state index in [-0.39, 0.29) is 11.3 Å². The number of anilines is 1. The summed E-state index contributed by atoms with van der Waals surface area (Å²) in [4.78, 5) is 19.8. The van der Waals surface area contributed by atoms with Crippen LogP contribution in [0.3, 0.4) is 0 Å². The Hall–Kier alpha value is -1.90. The van der Waals surface area contributed by atoms with E-state index in [0.29, 0.717) is 43.1 Å². The van der Waals surface area contributed by atoms with Gasteiger partial charge in [-0.3, -0.25) is 9.36 Å². The van der Waals surface area contributed by atoms with Crippen LogP contribution in [0, 0.1) is 6.92 Å². The molecule has 0 aliphatic carbocycles. The lowest BCUT2D eigenvalue weighted by Gasteiger charge is -2.29. The molecule has 0 radical (unpaired) electrons. The van der Waals surface area contributed by atoms with Crippen LogP contribution < -0.4 is 10.5 Å². The highest BCUT2D eigenvalue weighted by atomic mass is 32.2. The summed E-state index contributed by atoms with van der Waals surface area (Å²) >= 11 is -1.49. The normalized spacial score (nSPS) is 19.3. The van der Waals surface area contributed by atoms with Gasteiger partial charge in [0.2, 0.25) is 5.95 Å². The maximum atomic E-state index is 13.4. The van der Waals surface area contributed by atoms with E-state index in [0.717, 1.165) is 10.1 Å². The number of fused-ring (bicyclic) bond motifs is 1. The van der Waals surface area contributed by atoms with E-state index in [1.165, 1.54) is 0 Å². The molecule has 1 aliphatic rings. The second-order valence-corrected chi connectivity index (χ2v) is 9.80. The maximum Gasteiger partial charge on any atom is 0.262 e. The minimum absolute atomic E-state index is 0.0793. The lowest BCUT2D eigenvalue weighted by Crippen LogP contribution is -2.40. The van der Waals surface area contributed by atoms with Crippen LogP contribution >= 0.6 is 0 Å². The van der Waals surface area contributed by atoms with Gasteiger partial charge in [0.1, 0.15) is 16.1 Å². The summed E-state index contributed by atoms with van der Waals surface area (Å²) in [6.45, 7) is 8.03. The quantitative estimate of drug-likeness (QED) is 0.576. The Morgan fingerprint density at radius 3 is 2.64 bits per heavy atom. The van der Waals surface area contributed by atoms with E-state index in [1.54, 1.807) is 17.9 Å². The van der Waals surface area contributed by atoms with Gasteiger partial charge in [-0.1, -0.05) is 4.40 Å². The van der Waals surface area contributed by atoms with Crippen LogP contribution in [0.5, 0.6) is 0 Å². The number of aromatic nitrogens is 2. The standard InChI is InChI=1S/C20H28N4O3S/c1-13-11-15(14(2)22-28(26)20(3,4)5)17-16(12-13)18(25)23(6)19(21-17)24-7-9-27-10-8-24/h11-12H,7-10H2,1-6H3/i6D3. The summed E-state index contributed by atoms with van der Waals surface area (Å²) in [7, 11) is 0. The fourth-order valence-electron chi connectivity index (χ4n) is 2.99. The first-order chi connectivity index (χ1) is 14.3. The largest absolute Gasteiger partial charge is 0.591 e. The summed E-state index contributed by atoms with van der Waals surface area (Å²) in [6.07, 6.45) is 0. The molecule has 1 saturated heterocycles. The van der Waals surface area contributed by atoms with E-state index in [2.05, 4.69) is 9.38 Å². The monoisotopic (exact) mass is 407 g/mol. The maximum absolute atomic E-state index is 13.4. The van der Waals surface area contributed by atoms with Gasteiger partial charge in [0.15, 0.2) is 0 Å². The summed E-state index contributed by atoms with van der Waals surface area (Å²) in [6, 6.07) is 3.46. The Morgan fingerprint density at radius 1 is 1.36 bits per heavy atom. The average Bonchev–Trinajstić information content (AvgIpc) is 2.66. The number of hydrogen-bond donors (Lipinski definition) is 0. The van der Waals surface area contributed by atoms with Crippen molar-refractivity contribution in [3.63, 3.8) is 0 Å². The zero-order chi connectivity index (χ0) is 23.1. The lowest BCUT2D eigenvalue weighted by atomic mass is 10.0. The first kappa shape index (κ1) is 17.0. The van der Waals surface area contributed by atoms with Crippen LogP contribution in [-0.2, 0) is 23.1 Å². The average molecular weight is 408 g/mol. The smallest absolute Gasteiger partial charge is 0.262 e. The predicted molar refractivity (Wildman–Crippen MR) is 115 cm³/mol. The van der Waals surface area contributed by atoms with E-state index < -0.39 is 28.6 Å². The molecule has 0 saturated carbocycles. The molecular weight excluding hydrogens is 376 g/mol. The number of nitrogens with zero attached hydrogens (tertiary/aromatic N) is 4. The van der Waals surface area contributed by atoms with Crippen molar-refractivity contribution in [3.05, 3.63) is 33.6 Å². The highest BCUT2D eigenvalue weighted by Crippen LogP contribution is 2.24. The van der Waals surface area contributed by atoms with Crippen molar-refractivity contribution in [1.29, 1.82) is 0 Å². The number of benzene rings is 1. The van der Waals surface area contributed by atoms with Crippen LogP contribution in [0.2, 0.25) is 0 Å². The highest BCUT2D eigenvalue weighted by Gasteiger charge is 2.27. The molecule has 2 aromatic rings. The van der Waals surface area contributed by atoms with Crippen LogP contribution in [0.15, 0.2) is 21.3 Å². The molecule has 0 N–H and O–H groups in total. The molecule has 1 atom stereocenters. The Morgan fingerprint density at radius 2 is 2.04 bits per heavy atom. The Kier molecular flexibility index (Phi) is 4.76. The summed E-state index contributed by atoms with van der Waals surface area (Å²) in [5.74, 6) is 0.0793. The molecule has 28 heavy (non-hydrogen) atoms. The van der Waals surface area contributed by atoms with Gasteiger partial charge < -0.3 is 14.2 Å². The molecule has 0 bridgehead atoms. The van der Waals surface area contributed by atoms with Gasteiger partial charge in [-0.2, -0.15) is 0 Å². The van der Waals surface area contributed by atoms with Gasteiger partial charge >= 0.3 is 0 Å². The van der Waals surface area contributed by atoms with Crippen LogP contribution in [0.4, 0.5) is 5.95 Å². The summed E-state index contributed by atoms with van der Waals surface area (Å²) in [5, 5.41) is 0.194. The lowest BCUT2D eigenvalue weighted by molar-refractivity contribution is 0.121. The summed E-state index contributed by atoms with van der Waals surface area (Å²) < 4.78 is 46.3. The Labute approximate surface area is 173 Å². The Balaban J connectivity index is 2.32. The predicted octanol–water partition coefficient (Wildman–Crippen LogP) is 2.35. The number of rotatable bonds is 3. The van der Waals surface area contributed by atoms with E-state index in [4.69, 9.17) is 8.85 Å². The second-order valence-electron chi connectivity index (χ2n) is 7.90. The molecule has 0 amide bonds. The molecule has 1 aromatic heterocycles. The van der Waals surface area contributed by atoms with Crippen molar-refractivity contribution in [2.45, 2.75) is 39.4 Å². The van der Waals surface area contributed by atoms with Crippen molar-refractivity contribution in [2.75, 3.05) is 31.2 Å². The molecule has 2 heterocycles. The molecule has 1 aromatic carbocycles. The number of aryl methyl sites for hydroxylation is 1. The molecule has 3 rings (SSSR count). The van der Waals surface area contributed by atoms with Crippen molar-refractivity contribution >= 4 is 33.9 Å². The fraction of sp³-hybridized carbons (Fsp3) is 0.550. The SMILES string of the molecule is [2H]C([2H])([2H])n1c(N2CCOCC2)nc2c(C(C)=N[S+]([O-])C(C)(C)C)cc(C)cc2c1=O. The fourth-order valence-corrected chi connectivity index (χ4v) is 3.61. The summed E-state index contributed by atoms with van der Waals surface area (Å²) in [5.41, 5.74) is 1.52. The van der Waals surface area contributed by atoms with E-state index in [1.807, 2.05) is 33.8 Å². The molecule has 1 fully saturated rings. The van der Waals surface area contributed by atoms with Crippen molar-refractivity contribution in [2.24, 2.45) is 11.4 Å². The zero-order valence-corrected chi connectivity index (χ0v) is 17.7. The first-order valence-electron chi connectivity index (χ1n) is 10.7. The second kappa shape index (κ2) is 7.85. The minimum Gasteiger partial charge on any atom is -0.591 e. The first-order valence-corrected chi connectivity index (χ1v) is 10.3. The molecular formula is C20H28N4O3S. The molecule has 8 heteroatoms. The van der Waals surface area contributed by atoms with Crippen molar-refractivity contribution in [1.82, 2.24) is 9.55 Å². The van der Waals surface area contributed by atoms with Gasteiger partial charge in [0.05, 0.1) is 29.8 Å².